The minimum absolute atomic E-state index is 0.0206. The molecule has 2 aromatic rings. The van der Waals surface area contributed by atoms with Crippen LogP contribution in [0.25, 0.3) is 10.8 Å². The number of fused-ring (bicyclic) bond motifs is 1. The van der Waals surface area contributed by atoms with Gasteiger partial charge in [0.05, 0.1) is 17.2 Å². The van der Waals surface area contributed by atoms with Crippen molar-refractivity contribution in [1.29, 1.82) is 0 Å². The van der Waals surface area contributed by atoms with Crippen molar-refractivity contribution in [2.45, 2.75) is 43.8 Å². The molecule has 3 rings (SSSR count). The van der Waals surface area contributed by atoms with Gasteiger partial charge in [-0.1, -0.05) is 18.6 Å². The van der Waals surface area contributed by atoms with Crippen LogP contribution in [0, 0.1) is 0 Å². The molecule has 2 atom stereocenters. The van der Waals surface area contributed by atoms with Crippen LogP contribution in [-0.2, 0) is 12.4 Å². The average molecular weight is 377 g/mol. The van der Waals surface area contributed by atoms with Crippen LogP contribution in [-0.4, -0.2) is 17.7 Å². The second-order valence-corrected chi connectivity index (χ2v) is 6.46. The molecule has 2 unspecified atom stereocenters. The van der Waals surface area contributed by atoms with Crippen LogP contribution >= 0.6 is 0 Å². The molecule has 8 heteroatoms. The fourth-order valence-electron chi connectivity index (χ4n) is 3.44. The van der Waals surface area contributed by atoms with E-state index in [-0.39, 0.29) is 10.9 Å². The summed E-state index contributed by atoms with van der Waals surface area (Å²) in [6.07, 6.45) is -8.73. The average Bonchev–Trinajstić information content (AvgIpc) is 2.58. The van der Waals surface area contributed by atoms with E-state index in [1.807, 2.05) is 0 Å². The number of aliphatic hydroxyl groups is 1. The SMILES string of the molecule is OC(c1cc(C(F)(F)F)cc2c(C(F)(F)F)cccc12)C1CCCCN1. The van der Waals surface area contributed by atoms with Crippen molar-refractivity contribution in [1.82, 2.24) is 5.32 Å². The van der Waals surface area contributed by atoms with Gasteiger partial charge >= 0.3 is 12.4 Å². The molecule has 2 nitrogen and oxygen atoms in total. The second kappa shape index (κ2) is 6.74. The predicted octanol–water partition coefficient (Wildman–Crippen LogP) is 5.05. The Kier molecular flexibility index (Phi) is 4.92. The summed E-state index contributed by atoms with van der Waals surface area (Å²) in [5.41, 5.74) is -2.49. The summed E-state index contributed by atoms with van der Waals surface area (Å²) in [5.74, 6) is 0. The summed E-state index contributed by atoms with van der Waals surface area (Å²) in [6.45, 7) is 0.604. The first kappa shape index (κ1) is 19.0. The number of aliphatic hydroxyl groups excluding tert-OH is 1. The van der Waals surface area contributed by atoms with E-state index in [0.29, 0.717) is 19.0 Å². The molecule has 1 fully saturated rings. The van der Waals surface area contributed by atoms with Crippen molar-refractivity contribution in [2.75, 3.05) is 6.54 Å². The maximum Gasteiger partial charge on any atom is 0.417 e. The molecule has 26 heavy (non-hydrogen) atoms. The number of nitrogens with one attached hydrogen (secondary N) is 1. The van der Waals surface area contributed by atoms with E-state index in [1.54, 1.807) is 0 Å². The summed E-state index contributed by atoms with van der Waals surface area (Å²) in [7, 11) is 0. The molecule has 1 heterocycles. The van der Waals surface area contributed by atoms with E-state index in [9.17, 15) is 31.4 Å². The van der Waals surface area contributed by atoms with E-state index in [2.05, 4.69) is 5.32 Å². The maximum atomic E-state index is 13.3. The predicted molar refractivity (Wildman–Crippen MR) is 84.6 cm³/mol. The molecule has 2 N–H and O–H groups in total. The zero-order chi connectivity index (χ0) is 19.1. The van der Waals surface area contributed by atoms with E-state index in [0.717, 1.165) is 31.0 Å². The van der Waals surface area contributed by atoms with Gasteiger partial charge in [-0.15, -0.1) is 0 Å². The van der Waals surface area contributed by atoms with E-state index < -0.39 is 41.0 Å². The van der Waals surface area contributed by atoms with Crippen LogP contribution in [0.1, 0.15) is 42.1 Å². The topological polar surface area (TPSA) is 32.3 Å². The van der Waals surface area contributed by atoms with Gasteiger partial charge in [0, 0.05) is 6.04 Å². The van der Waals surface area contributed by atoms with Gasteiger partial charge in [0.2, 0.25) is 0 Å². The smallest absolute Gasteiger partial charge is 0.387 e. The molecule has 0 aliphatic carbocycles. The van der Waals surface area contributed by atoms with Gasteiger partial charge < -0.3 is 10.4 Å². The van der Waals surface area contributed by atoms with Crippen LogP contribution in [0.3, 0.4) is 0 Å². The molecule has 142 valence electrons. The molecular weight excluding hydrogens is 360 g/mol. The fourth-order valence-corrected chi connectivity index (χ4v) is 3.44. The number of rotatable bonds is 2. The monoisotopic (exact) mass is 377 g/mol. The Morgan fingerprint density at radius 3 is 2.27 bits per heavy atom. The highest BCUT2D eigenvalue weighted by Gasteiger charge is 2.37. The number of halogens is 6. The Balaban J connectivity index is 2.23. The van der Waals surface area contributed by atoms with Crippen molar-refractivity contribution in [2.24, 2.45) is 0 Å². The minimum atomic E-state index is -4.82. The molecule has 0 aromatic heterocycles. The van der Waals surface area contributed by atoms with Crippen LogP contribution < -0.4 is 5.32 Å². The molecule has 0 saturated carbocycles. The Hall–Kier alpha value is -1.80. The standard InChI is InChI=1S/C18H17F6NO/c19-17(20,21)10-8-12-11(4-3-5-14(12)18(22,23)24)13(9-10)16(26)15-6-1-2-7-25-15/h3-5,8-9,15-16,25-26H,1-2,6-7H2. The first-order chi connectivity index (χ1) is 12.1. The normalized spacial score (nSPS) is 20.3. The third kappa shape index (κ3) is 3.66. The minimum Gasteiger partial charge on any atom is -0.387 e. The van der Waals surface area contributed by atoms with Crippen molar-refractivity contribution in [3.05, 3.63) is 47.0 Å². The van der Waals surface area contributed by atoms with E-state index in [1.165, 1.54) is 6.07 Å². The lowest BCUT2D eigenvalue weighted by Gasteiger charge is -2.29. The first-order valence-corrected chi connectivity index (χ1v) is 8.21. The van der Waals surface area contributed by atoms with Crippen LogP contribution in [0.4, 0.5) is 26.3 Å². The zero-order valence-corrected chi connectivity index (χ0v) is 13.6. The van der Waals surface area contributed by atoms with Gasteiger partial charge in [-0.2, -0.15) is 26.3 Å². The number of alkyl halides is 6. The van der Waals surface area contributed by atoms with Gasteiger partial charge in [-0.05, 0) is 53.9 Å². The zero-order valence-electron chi connectivity index (χ0n) is 13.6. The molecule has 1 aliphatic rings. The van der Waals surface area contributed by atoms with Gasteiger partial charge in [0.1, 0.15) is 0 Å². The van der Waals surface area contributed by atoms with Crippen LogP contribution in [0.5, 0.6) is 0 Å². The van der Waals surface area contributed by atoms with Gasteiger partial charge in [0.25, 0.3) is 0 Å². The molecular formula is C18H17F6NO. The number of benzene rings is 2. The van der Waals surface area contributed by atoms with Gasteiger partial charge in [-0.25, -0.2) is 0 Å². The summed E-state index contributed by atoms with van der Waals surface area (Å²) in [6, 6.07) is 3.96. The summed E-state index contributed by atoms with van der Waals surface area (Å²) in [4.78, 5) is 0. The van der Waals surface area contributed by atoms with Crippen molar-refractivity contribution < 1.29 is 31.4 Å². The van der Waals surface area contributed by atoms with Crippen molar-refractivity contribution in [3.8, 4) is 0 Å². The Morgan fingerprint density at radius 1 is 0.962 bits per heavy atom. The molecule has 0 spiro atoms. The lowest BCUT2D eigenvalue weighted by atomic mass is 9.89. The lowest BCUT2D eigenvalue weighted by Crippen LogP contribution is -2.39. The lowest BCUT2D eigenvalue weighted by molar-refractivity contribution is -0.139. The van der Waals surface area contributed by atoms with Gasteiger partial charge in [0.15, 0.2) is 0 Å². The number of piperidine rings is 1. The van der Waals surface area contributed by atoms with Crippen LogP contribution in [0.15, 0.2) is 30.3 Å². The highest BCUT2D eigenvalue weighted by atomic mass is 19.4. The fraction of sp³-hybridized carbons (Fsp3) is 0.444. The second-order valence-electron chi connectivity index (χ2n) is 6.46. The number of hydrogen-bond donors (Lipinski definition) is 2. The molecule has 2 aromatic carbocycles. The quantitative estimate of drug-likeness (QED) is 0.718. The Bertz CT molecular complexity index is 793. The molecule has 0 radical (unpaired) electrons. The van der Waals surface area contributed by atoms with E-state index >= 15 is 0 Å². The third-order valence-electron chi connectivity index (χ3n) is 4.71. The van der Waals surface area contributed by atoms with Crippen LogP contribution in [0.2, 0.25) is 0 Å². The highest BCUT2D eigenvalue weighted by Crippen LogP contribution is 2.41. The van der Waals surface area contributed by atoms with E-state index in [4.69, 9.17) is 0 Å². The maximum absolute atomic E-state index is 13.3. The molecule has 0 bridgehead atoms. The van der Waals surface area contributed by atoms with Crippen molar-refractivity contribution in [3.63, 3.8) is 0 Å². The molecule has 0 amide bonds. The molecule has 1 aliphatic heterocycles. The summed E-state index contributed by atoms with van der Waals surface area (Å²) < 4.78 is 79.6. The van der Waals surface area contributed by atoms with Gasteiger partial charge in [-0.3, -0.25) is 0 Å². The first-order valence-electron chi connectivity index (χ1n) is 8.21. The summed E-state index contributed by atoms with van der Waals surface area (Å²) >= 11 is 0. The summed E-state index contributed by atoms with van der Waals surface area (Å²) in [5, 5.41) is 13.1. The Labute approximate surface area is 145 Å². The van der Waals surface area contributed by atoms with Crippen molar-refractivity contribution >= 4 is 10.8 Å². The molecule has 1 saturated heterocycles. The Morgan fingerprint density at radius 2 is 1.69 bits per heavy atom. The largest absolute Gasteiger partial charge is 0.417 e. The number of hydrogen-bond acceptors (Lipinski definition) is 2. The highest BCUT2D eigenvalue weighted by molar-refractivity contribution is 5.90. The third-order valence-corrected chi connectivity index (χ3v) is 4.71.